The zero-order valence-electron chi connectivity index (χ0n) is 13.4. The molecule has 0 fully saturated rings. The number of benzene rings is 2. The first-order valence-corrected chi connectivity index (χ1v) is 7.93. The molecule has 4 heteroatoms. The third-order valence-electron chi connectivity index (χ3n) is 4.31. The van der Waals surface area contributed by atoms with E-state index in [9.17, 15) is 5.11 Å². The molecule has 0 aliphatic carbocycles. The number of nitrogens with one attached hydrogen (secondary N) is 1. The first-order valence-electron chi connectivity index (χ1n) is 7.93. The molecule has 1 aliphatic heterocycles. The number of hydrogen-bond donors (Lipinski definition) is 2. The smallest absolute Gasteiger partial charge is 0.163 e. The van der Waals surface area contributed by atoms with Crippen molar-refractivity contribution in [2.24, 2.45) is 0 Å². The fraction of sp³-hybridized carbons (Fsp3) is 0.316. The van der Waals surface area contributed by atoms with Crippen LogP contribution in [0.15, 0.2) is 36.4 Å². The Labute approximate surface area is 136 Å². The van der Waals surface area contributed by atoms with Crippen molar-refractivity contribution in [3.63, 3.8) is 0 Å². The summed E-state index contributed by atoms with van der Waals surface area (Å²) in [7, 11) is 0. The summed E-state index contributed by atoms with van der Waals surface area (Å²) in [6, 6.07) is 12.0. The van der Waals surface area contributed by atoms with E-state index >= 15 is 0 Å². The average molecular weight is 310 g/mol. The van der Waals surface area contributed by atoms with Crippen LogP contribution in [-0.4, -0.2) is 35.9 Å². The maximum absolute atomic E-state index is 10.0. The second kappa shape index (κ2) is 6.84. The summed E-state index contributed by atoms with van der Waals surface area (Å²) in [5, 5.41) is 17.3. The monoisotopic (exact) mass is 310 g/mol. The molecule has 0 radical (unpaired) electrons. The van der Waals surface area contributed by atoms with Gasteiger partial charge in [-0.2, -0.15) is 0 Å². The van der Waals surface area contributed by atoms with Gasteiger partial charge in [0.15, 0.2) is 11.5 Å². The Morgan fingerprint density at radius 2 is 2.04 bits per heavy atom. The maximum atomic E-state index is 10.0. The largest absolute Gasteiger partial charge is 0.504 e. The average Bonchev–Trinajstić information content (AvgIpc) is 2.57. The van der Waals surface area contributed by atoms with E-state index in [0.29, 0.717) is 17.9 Å². The van der Waals surface area contributed by atoms with Gasteiger partial charge in [-0.1, -0.05) is 24.3 Å². The van der Waals surface area contributed by atoms with E-state index in [1.165, 1.54) is 17.3 Å². The van der Waals surface area contributed by atoms with Gasteiger partial charge in [0, 0.05) is 25.8 Å². The van der Waals surface area contributed by atoms with E-state index < -0.39 is 0 Å². The zero-order chi connectivity index (χ0) is 16.2. The van der Waals surface area contributed by atoms with Crippen molar-refractivity contribution in [2.45, 2.75) is 19.9 Å². The number of phenols is 1. The van der Waals surface area contributed by atoms with Gasteiger partial charge >= 0.3 is 0 Å². The molecule has 1 aliphatic rings. The number of aryl methyl sites for hydroxylation is 1. The Hall–Kier alpha value is -2.33. The molecule has 0 unspecified atom stereocenters. The summed E-state index contributed by atoms with van der Waals surface area (Å²) in [5.74, 6) is 0.625. The third-order valence-corrected chi connectivity index (χ3v) is 4.31. The Morgan fingerprint density at radius 1 is 1.26 bits per heavy atom. The highest BCUT2D eigenvalue weighted by Gasteiger charge is 2.16. The predicted octanol–water partition coefficient (Wildman–Crippen LogP) is 3.14. The lowest BCUT2D eigenvalue weighted by molar-refractivity contribution is 0.192. The molecule has 0 saturated carbocycles. The molecule has 2 aromatic carbocycles. The van der Waals surface area contributed by atoms with E-state index in [1.54, 1.807) is 6.07 Å². The van der Waals surface area contributed by atoms with Gasteiger partial charge in [0.1, 0.15) is 6.61 Å². The molecule has 0 amide bonds. The van der Waals surface area contributed by atoms with Gasteiger partial charge in [-0.05, 0) is 47.7 Å². The molecular weight excluding hydrogens is 288 g/mol. The summed E-state index contributed by atoms with van der Waals surface area (Å²) in [6.45, 7) is 5.26. The zero-order valence-corrected chi connectivity index (χ0v) is 13.4. The highest BCUT2D eigenvalue weighted by atomic mass is 16.5. The molecule has 3 rings (SSSR count). The van der Waals surface area contributed by atoms with Crippen LogP contribution in [0.25, 0.3) is 0 Å². The number of hydrogen-bond acceptors (Lipinski definition) is 4. The molecule has 0 spiro atoms. The quantitative estimate of drug-likeness (QED) is 0.834. The van der Waals surface area contributed by atoms with Crippen molar-refractivity contribution in [3.8, 4) is 11.5 Å². The van der Waals surface area contributed by atoms with Crippen LogP contribution in [0.1, 0.15) is 22.3 Å². The lowest BCUT2D eigenvalue weighted by atomic mass is 10.0. The van der Waals surface area contributed by atoms with Crippen molar-refractivity contribution in [1.82, 2.24) is 4.90 Å². The summed E-state index contributed by atoms with van der Waals surface area (Å²) < 4.78 is 5.79. The van der Waals surface area contributed by atoms with Gasteiger partial charge in [-0.15, -0.1) is 0 Å². The Morgan fingerprint density at radius 3 is 2.78 bits per heavy atom. The normalized spacial score (nSPS) is 14.3. The van der Waals surface area contributed by atoms with E-state index in [2.05, 4.69) is 29.2 Å². The van der Waals surface area contributed by atoms with Crippen LogP contribution in [-0.2, 0) is 13.0 Å². The molecule has 2 N–H and O–H groups in total. The van der Waals surface area contributed by atoms with Crippen molar-refractivity contribution < 1.29 is 9.84 Å². The van der Waals surface area contributed by atoms with Crippen LogP contribution in [0.4, 0.5) is 0 Å². The first kappa shape index (κ1) is 15.6. The number of nitrogens with zero attached hydrogens (tertiary/aromatic N) is 1. The topological polar surface area (TPSA) is 56.6 Å². The number of rotatable bonds is 5. The SMILES string of the molecule is Cc1cc(C=N)cc(O)c1OCCN1CCc2ccccc2C1. The molecule has 120 valence electrons. The van der Waals surface area contributed by atoms with E-state index in [0.717, 1.165) is 31.6 Å². The first-order chi connectivity index (χ1) is 11.2. The molecule has 0 atom stereocenters. The molecule has 0 bridgehead atoms. The van der Waals surface area contributed by atoms with E-state index in [-0.39, 0.29) is 5.75 Å². The lowest BCUT2D eigenvalue weighted by Gasteiger charge is -2.28. The second-order valence-electron chi connectivity index (χ2n) is 5.97. The molecular formula is C19H22N2O2. The highest BCUT2D eigenvalue weighted by Crippen LogP contribution is 2.31. The van der Waals surface area contributed by atoms with Gasteiger partial charge < -0.3 is 15.3 Å². The Balaban J connectivity index is 1.58. The van der Waals surface area contributed by atoms with E-state index in [4.69, 9.17) is 10.1 Å². The molecule has 23 heavy (non-hydrogen) atoms. The van der Waals surface area contributed by atoms with Crippen LogP contribution in [0.3, 0.4) is 0 Å². The minimum absolute atomic E-state index is 0.104. The van der Waals surface area contributed by atoms with Crippen LogP contribution >= 0.6 is 0 Å². The minimum atomic E-state index is 0.104. The minimum Gasteiger partial charge on any atom is -0.504 e. The van der Waals surface area contributed by atoms with Gasteiger partial charge in [0.25, 0.3) is 0 Å². The Bertz CT molecular complexity index is 689. The lowest BCUT2D eigenvalue weighted by Crippen LogP contribution is -2.33. The highest BCUT2D eigenvalue weighted by molar-refractivity contribution is 5.79. The fourth-order valence-corrected chi connectivity index (χ4v) is 3.08. The summed E-state index contributed by atoms with van der Waals surface area (Å²) >= 11 is 0. The van der Waals surface area contributed by atoms with Crippen LogP contribution < -0.4 is 4.74 Å². The van der Waals surface area contributed by atoms with Crippen LogP contribution in [0.2, 0.25) is 0 Å². The standard InChI is InChI=1S/C19H22N2O2/c1-14-10-15(12-20)11-18(22)19(14)23-9-8-21-7-6-16-4-2-3-5-17(16)13-21/h2-5,10-12,20,22H,6-9,13H2,1H3. The molecule has 2 aromatic rings. The molecule has 0 aromatic heterocycles. The molecule has 4 nitrogen and oxygen atoms in total. The number of fused-ring (bicyclic) bond motifs is 1. The molecule has 1 heterocycles. The second-order valence-corrected chi connectivity index (χ2v) is 5.97. The van der Waals surface area contributed by atoms with Crippen molar-refractivity contribution in [2.75, 3.05) is 19.7 Å². The van der Waals surface area contributed by atoms with Crippen molar-refractivity contribution in [3.05, 3.63) is 58.7 Å². The van der Waals surface area contributed by atoms with E-state index in [1.807, 2.05) is 13.0 Å². The van der Waals surface area contributed by atoms with Gasteiger partial charge in [-0.3, -0.25) is 4.90 Å². The van der Waals surface area contributed by atoms with Gasteiger partial charge in [0.05, 0.1) is 0 Å². The Kier molecular flexibility index (Phi) is 4.63. The third kappa shape index (κ3) is 3.54. The van der Waals surface area contributed by atoms with Crippen molar-refractivity contribution >= 4 is 6.21 Å². The predicted molar refractivity (Wildman–Crippen MR) is 91.6 cm³/mol. The van der Waals surface area contributed by atoms with Crippen molar-refractivity contribution in [1.29, 1.82) is 5.41 Å². The van der Waals surface area contributed by atoms with Gasteiger partial charge in [-0.25, -0.2) is 0 Å². The van der Waals surface area contributed by atoms with Gasteiger partial charge in [0.2, 0.25) is 0 Å². The number of ether oxygens (including phenoxy) is 1. The summed E-state index contributed by atoms with van der Waals surface area (Å²) in [5.41, 5.74) is 4.38. The summed E-state index contributed by atoms with van der Waals surface area (Å²) in [4.78, 5) is 2.38. The maximum Gasteiger partial charge on any atom is 0.163 e. The fourth-order valence-electron chi connectivity index (χ4n) is 3.08. The number of phenolic OH excluding ortho intramolecular Hbond substituents is 1. The molecule has 0 saturated heterocycles. The van der Waals surface area contributed by atoms with Crippen LogP contribution in [0.5, 0.6) is 11.5 Å². The summed E-state index contributed by atoms with van der Waals surface area (Å²) in [6.07, 6.45) is 2.30. The number of aromatic hydroxyl groups is 1. The van der Waals surface area contributed by atoms with Crippen LogP contribution in [0, 0.1) is 12.3 Å².